The van der Waals surface area contributed by atoms with Crippen LogP contribution in [0.2, 0.25) is 0 Å². The van der Waals surface area contributed by atoms with Crippen LogP contribution in [0.4, 0.5) is 0 Å². The molecule has 0 aliphatic carbocycles. The number of methoxy groups -OCH3 is 1. The van der Waals surface area contributed by atoms with Crippen LogP contribution in [0.3, 0.4) is 0 Å². The number of fused-ring (bicyclic) bond motifs is 1. The molecule has 3 aromatic rings. The zero-order chi connectivity index (χ0) is 16.6. The zero-order valence-corrected chi connectivity index (χ0v) is 14.7. The largest absolute Gasteiger partial charge is 0.464 e. The maximum Gasteiger partial charge on any atom is 0.359 e. The molecule has 0 radical (unpaired) electrons. The fourth-order valence-corrected chi connectivity index (χ4v) is 2.93. The Bertz CT molecular complexity index is 887. The van der Waals surface area contributed by atoms with Crippen molar-refractivity contribution in [1.29, 1.82) is 0 Å². The van der Waals surface area contributed by atoms with Gasteiger partial charge < -0.3 is 4.74 Å². The van der Waals surface area contributed by atoms with Crippen molar-refractivity contribution in [2.24, 2.45) is 0 Å². The van der Waals surface area contributed by atoms with E-state index in [2.05, 4.69) is 52.0 Å². The van der Waals surface area contributed by atoms with Crippen LogP contribution in [0.25, 0.3) is 16.7 Å². The number of esters is 1. The van der Waals surface area contributed by atoms with Gasteiger partial charge in [-0.2, -0.15) is 5.10 Å². The summed E-state index contributed by atoms with van der Waals surface area (Å²) in [5, 5.41) is 5.10. The molecule has 0 amide bonds. The van der Waals surface area contributed by atoms with Gasteiger partial charge in [0.05, 0.1) is 18.2 Å². The molecule has 3 rings (SSSR count). The smallest absolute Gasteiger partial charge is 0.359 e. The van der Waals surface area contributed by atoms with Gasteiger partial charge in [-0.25, -0.2) is 14.5 Å². The van der Waals surface area contributed by atoms with Crippen molar-refractivity contribution in [3.63, 3.8) is 0 Å². The third-order valence-corrected chi connectivity index (χ3v) is 4.10. The number of aromatic nitrogens is 3. The van der Waals surface area contributed by atoms with Crippen LogP contribution in [0.15, 0.2) is 41.0 Å². The average molecular weight is 374 g/mol. The summed E-state index contributed by atoms with van der Waals surface area (Å²) in [4.78, 5) is 16.4. The van der Waals surface area contributed by atoms with Gasteiger partial charge in [-0.1, -0.05) is 29.8 Å². The summed E-state index contributed by atoms with van der Waals surface area (Å²) in [6, 6.07) is 9.68. The van der Waals surface area contributed by atoms with Crippen LogP contribution in [-0.4, -0.2) is 27.8 Å². The van der Waals surface area contributed by atoms with Gasteiger partial charge >= 0.3 is 5.97 Å². The van der Waals surface area contributed by atoms with Gasteiger partial charge in [0.2, 0.25) is 0 Å². The van der Waals surface area contributed by atoms with Gasteiger partial charge in [0.25, 0.3) is 0 Å². The fraction of sp³-hybridized carbons (Fsp3) is 0.235. The summed E-state index contributed by atoms with van der Waals surface area (Å²) in [5.74, 6) is -0.0954. The Morgan fingerprint density at radius 3 is 2.78 bits per heavy atom. The van der Waals surface area contributed by atoms with Crippen LogP contribution in [-0.2, 0) is 4.74 Å². The maximum absolute atomic E-state index is 12.0. The lowest BCUT2D eigenvalue weighted by Crippen LogP contribution is -2.05. The van der Waals surface area contributed by atoms with Crippen LogP contribution in [0.5, 0.6) is 0 Å². The molecule has 0 saturated carbocycles. The van der Waals surface area contributed by atoms with E-state index in [0.717, 1.165) is 10.2 Å². The molecule has 0 unspecified atom stereocenters. The van der Waals surface area contributed by atoms with Gasteiger partial charge in [0.1, 0.15) is 0 Å². The maximum atomic E-state index is 12.0. The average Bonchev–Trinajstić information content (AvgIpc) is 2.93. The summed E-state index contributed by atoms with van der Waals surface area (Å²) in [6.45, 7) is 4.26. The highest BCUT2D eigenvalue weighted by Crippen LogP contribution is 2.27. The van der Waals surface area contributed by atoms with E-state index in [1.54, 1.807) is 16.9 Å². The Morgan fingerprint density at radius 2 is 2.09 bits per heavy atom. The second kappa shape index (κ2) is 6.12. The van der Waals surface area contributed by atoms with Crippen molar-refractivity contribution in [3.8, 4) is 5.69 Å². The van der Waals surface area contributed by atoms with Crippen molar-refractivity contribution >= 4 is 32.9 Å². The lowest BCUT2D eigenvalue weighted by Gasteiger charge is -2.10. The number of benzene rings is 1. The highest BCUT2D eigenvalue weighted by Gasteiger charge is 2.19. The number of hydrogen-bond acceptors (Lipinski definition) is 4. The minimum Gasteiger partial charge on any atom is -0.464 e. The molecule has 0 aliphatic heterocycles. The first kappa shape index (κ1) is 15.7. The third kappa shape index (κ3) is 2.86. The van der Waals surface area contributed by atoms with E-state index in [1.807, 2.05) is 12.1 Å². The molecule has 0 bridgehead atoms. The van der Waals surface area contributed by atoms with Gasteiger partial charge in [0, 0.05) is 10.7 Å². The molecule has 118 valence electrons. The van der Waals surface area contributed by atoms with Crippen LogP contribution < -0.4 is 0 Å². The molecule has 0 saturated heterocycles. The predicted octanol–water partition coefficient (Wildman–Crippen LogP) is 4.09. The Hall–Kier alpha value is -2.21. The Labute approximate surface area is 142 Å². The first-order valence-electron chi connectivity index (χ1n) is 7.24. The van der Waals surface area contributed by atoms with E-state index >= 15 is 0 Å². The summed E-state index contributed by atoms with van der Waals surface area (Å²) in [6.07, 6.45) is 1.68. The number of hydrogen-bond donors (Lipinski definition) is 0. The van der Waals surface area contributed by atoms with Gasteiger partial charge in [-0.3, -0.25) is 0 Å². The normalized spacial score (nSPS) is 11.2. The summed E-state index contributed by atoms with van der Waals surface area (Å²) in [7, 11) is 1.35. The number of ether oxygens (including phenoxy) is 1. The number of nitrogens with zero attached hydrogens (tertiary/aromatic N) is 3. The van der Waals surface area contributed by atoms with Crippen molar-refractivity contribution in [3.05, 3.63) is 52.3 Å². The topological polar surface area (TPSA) is 57.0 Å². The molecular formula is C17H16BrN3O2. The lowest BCUT2D eigenvalue weighted by molar-refractivity contribution is 0.0595. The van der Waals surface area contributed by atoms with Crippen molar-refractivity contribution in [1.82, 2.24) is 14.8 Å². The number of rotatable bonds is 3. The number of carbonyl (C=O) groups excluding carboxylic acids is 1. The second-order valence-corrected chi connectivity index (χ2v) is 6.44. The monoisotopic (exact) mass is 373 g/mol. The SMILES string of the molecule is COC(=O)c1nn(-c2cc(Br)cc(C(C)C)c2)c2ncccc12. The van der Waals surface area contributed by atoms with Crippen molar-refractivity contribution in [2.75, 3.05) is 7.11 Å². The molecule has 0 aliphatic rings. The van der Waals surface area contributed by atoms with Crippen LogP contribution in [0, 0.1) is 0 Å². The quantitative estimate of drug-likeness (QED) is 0.648. The molecule has 6 heteroatoms. The van der Waals surface area contributed by atoms with Crippen molar-refractivity contribution in [2.45, 2.75) is 19.8 Å². The lowest BCUT2D eigenvalue weighted by atomic mass is 10.0. The Kier molecular flexibility index (Phi) is 4.17. The standard InChI is InChI=1S/C17H16BrN3O2/c1-10(2)11-7-12(18)9-13(8-11)21-16-14(5-4-6-19-16)15(20-21)17(22)23-3/h4-10H,1-3H3. The molecule has 2 aromatic heterocycles. The summed E-state index contributed by atoms with van der Waals surface area (Å²) in [5.41, 5.74) is 2.91. The second-order valence-electron chi connectivity index (χ2n) is 5.52. The number of halogens is 1. The Balaban J connectivity index is 2.27. The van der Waals surface area contributed by atoms with E-state index in [0.29, 0.717) is 17.0 Å². The highest BCUT2D eigenvalue weighted by atomic mass is 79.9. The van der Waals surface area contributed by atoms with Gasteiger partial charge in [-0.15, -0.1) is 0 Å². The van der Waals surface area contributed by atoms with Crippen LogP contribution >= 0.6 is 15.9 Å². The van der Waals surface area contributed by atoms with E-state index in [4.69, 9.17) is 4.74 Å². The minimum atomic E-state index is -0.471. The Morgan fingerprint density at radius 1 is 1.30 bits per heavy atom. The molecule has 0 atom stereocenters. The predicted molar refractivity (Wildman–Crippen MR) is 92.0 cm³/mol. The molecule has 0 spiro atoms. The van der Waals surface area contributed by atoms with Crippen LogP contribution in [0.1, 0.15) is 35.8 Å². The number of carbonyl (C=O) groups is 1. The molecule has 23 heavy (non-hydrogen) atoms. The van der Waals surface area contributed by atoms with Gasteiger partial charge in [-0.05, 0) is 41.8 Å². The molecule has 5 nitrogen and oxygen atoms in total. The van der Waals surface area contributed by atoms with E-state index < -0.39 is 5.97 Å². The zero-order valence-electron chi connectivity index (χ0n) is 13.1. The third-order valence-electron chi connectivity index (χ3n) is 3.64. The molecular weight excluding hydrogens is 358 g/mol. The summed E-state index contributed by atoms with van der Waals surface area (Å²) < 4.78 is 7.46. The fourth-order valence-electron chi connectivity index (χ4n) is 2.43. The molecule has 0 N–H and O–H groups in total. The minimum absolute atomic E-state index is 0.265. The van der Waals surface area contributed by atoms with E-state index in [1.165, 1.54) is 12.7 Å². The first-order valence-corrected chi connectivity index (χ1v) is 8.03. The number of pyridine rings is 1. The summed E-state index contributed by atoms with van der Waals surface area (Å²) >= 11 is 3.54. The first-order chi connectivity index (χ1) is 11.0. The van der Waals surface area contributed by atoms with Crippen molar-refractivity contribution < 1.29 is 9.53 Å². The van der Waals surface area contributed by atoms with E-state index in [-0.39, 0.29) is 5.69 Å². The van der Waals surface area contributed by atoms with Gasteiger partial charge in [0.15, 0.2) is 11.3 Å². The highest BCUT2D eigenvalue weighted by molar-refractivity contribution is 9.10. The molecule has 1 aromatic carbocycles. The molecule has 2 heterocycles. The van der Waals surface area contributed by atoms with E-state index in [9.17, 15) is 4.79 Å². The molecule has 0 fully saturated rings.